The molecule has 1 unspecified atom stereocenters. The summed E-state index contributed by atoms with van der Waals surface area (Å²) in [5, 5.41) is 18.1. The van der Waals surface area contributed by atoms with Gasteiger partial charge in [0.2, 0.25) is 5.91 Å². The van der Waals surface area contributed by atoms with Crippen molar-refractivity contribution in [1.82, 2.24) is 10.7 Å². The number of carbonyl (C=O) groups is 2. The van der Waals surface area contributed by atoms with Crippen molar-refractivity contribution in [2.45, 2.75) is 19.4 Å². The smallest absolute Gasteiger partial charge is 0.335 e. The summed E-state index contributed by atoms with van der Waals surface area (Å²) in [6.45, 7) is 1.66. The molecule has 0 fully saturated rings. The fraction of sp³-hybridized carbons (Fsp3) is 0.308. The molecule has 0 spiro atoms. The lowest BCUT2D eigenvalue weighted by Crippen LogP contribution is -2.48. The second-order valence-electron chi connectivity index (χ2n) is 4.40. The van der Waals surface area contributed by atoms with Crippen molar-refractivity contribution in [3.05, 3.63) is 29.8 Å². The number of hydrogen-bond donors (Lipinski definition) is 4. The number of benzene rings is 1. The number of aliphatic hydroxyl groups excluding tert-OH is 1. The molecule has 1 aromatic rings. The fourth-order valence-corrected chi connectivity index (χ4v) is 1.87. The molecule has 0 aromatic heterocycles. The van der Waals surface area contributed by atoms with Gasteiger partial charge in [0, 0.05) is 11.3 Å². The summed E-state index contributed by atoms with van der Waals surface area (Å²) in [7, 11) is 0. The Morgan fingerprint density at radius 1 is 1.40 bits per heavy atom. The third-order valence-corrected chi connectivity index (χ3v) is 2.84. The van der Waals surface area contributed by atoms with Crippen LogP contribution in [0.4, 0.5) is 10.5 Å². The molecule has 1 heterocycles. The van der Waals surface area contributed by atoms with Gasteiger partial charge in [-0.05, 0) is 19.1 Å². The zero-order chi connectivity index (χ0) is 14.5. The van der Waals surface area contributed by atoms with Crippen LogP contribution >= 0.6 is 0 Å². The summed E-state index contributed by atoms with van der Waals surface area (Å²) >= 11 is 0. The molecule has 0 saturated heterocycles. The van der Waals surface area contributed by atoms with Gasteiger partial charge in [-0.2, -0.15) is 5.10 Å². The van der Waals surface area contributed by atoms with Crippen LogP contribution in [-0.4, -0.2) is 35.4 Å². The molecule has 1 aliphatic heterocycles. The maximum Gasteiger partial charge on any atom is 0.335 e. The van der Waals surface area contributed by atoms with Gasteiger partial charge >= 0.3 is 6.03 Å². The highest BCUT2D eigenvalue weighted by Gasteiger charge is 2.20. The first kappa shape index (κ1) is 14.0. The molecule has 0 saturated carbocycles. The van der Waals surface area contributed by atoms with Crippen LogP contribution in [0.1, 0.15) is 18.9 Å². The van der Waals surface area contributed by atoms with Gasteiger partial charge in [0.25, 0.3) is 0 Å². The highest BCUT2D eigenvalue weighted by molar-refractivity contribution is 6.07. The SMILES string of the molecule is CC1NC(=O)NN=C1c1ccc(NC(=O)CCO)cc1. The van der Waals surface area contributed by atoms with Gasteiger partial charge in [0.1, 0.15) is 0 Å². The zero-order valence-corrected chi connectivity index (χ0v) is 11.0. The minimum absolute atomic E-state index is 0.0709. The van der Waals surface area contributed by atoms with E-state index in [0.717, 1.165) is 11.3 Å². The van der Waals surface area contributed by atoms with Crippen LogP contribution in [0.2, 0.25) is 0 Å². The van der Waals surface area contributed by atoms with Gasteiger partial charge in [-0.1, -0.05) is 12.1 Å². The Morgan fingerprint density at radius 3 is 2.70 bits per heavy atom. The van der Waals surface area contributed by atoms with E-state index < -0.39 is 0 Å². The van der Waals surface area contributed by atoms with Crippen LogP contribution < -0.4 is 16.1 Å². The van der Waals surface area contributed by atoms with Crippen molar-refractivity contribution >= 4 is 23.3 Å². The van der Waals surface area contributed by atoms with Crippen molar-refractivity contribution in [3.63, 3.8) is 0 Å². The van der Waals surface area contributed by atoms with Crippen LogP contribution in [0, 0.1) is 0 Å². The quantitative estimate of drug-likeness (QED) is 0.640. The highest BCUT2D eigenvalue weighted by atomic mass is 16.3. The minimum atomic E-state index is -0.325. The highest BCUT2D eigenvalue weighted by Crippen LogP contribution is 2.13. The summed E-state index contributed by atoms with van der Waals surface area (Å²) < 4.78 is 0. The predicted molar refractivity (Wildman–Crippen MR) is 74.4 cm³/mol. The molecule has 3 amide bonds. The average molecular weight is 276 g/mol. The van der Waals surface area contributed by atoms with E-state index in [-0.39, 0.29) is 31.0 Å². The number of hydrogen-bond acceptors (Lipinski definition) is 4. The average Bonchev–Trinajstić information content (AvgIpc) is 2.40. The van der Waals surface area contributed by atoms with Crippen LogP contribution in [0.3, 0.4) is 0 Å². The number of urea groups is 1. The minimum Gasteiger partial charge on any atom is -0.396 e. The van der Waals surface area contributed by atoms with E-state index in [0.29, 0.717) is 5.69 Å². The molecule has 20 heavy (non-hydrogen) atoms. The van der Waals surface area contributed by atoms with E-state index in [2.05, 4.69) is 21.2 Å². The Balaban J connectivity index is 2.08. The largest absolute Gasteiger partial charge is 0.396 e. The maximum atomic E-state index is 11.3. The van der Waals surface area contributed by atoms with Crippen LogP contribution in [0.5, 0.6) is 0 Å². The number of hydrazone groups is 1. The standard InChI is InChI=1S/C13H16N4O3/c1-8-12(16-17-13(20)14-8)9-2-4-10(5-3-9)15-11(19)6-7-18/h2-5,8,18H,6-7H2,1H3,(H,15,19)(H2,14,17,20). The molecule has 0 aliphatic carbocycles. The molecule has 7 heteroatoms. The van der Waals surface area contributed by atoms with Crippen molar-refractivity contribution in [2.75, 3.05) is 11.9 Å². The molecule has 7 nitrogen and oxygen atoms in total. The number of anilines is 1. The third-order valence-electron chi connectivity index (χ3n) is 2.84. The molecule has 4 N–H and O–H groups in total. The van der Waals surface area contributed by atoms with E-state index in [4.69, 9.17) is 5.11 Å². The van der Waals surface area contributed by atoms with Crippen molar-refractivity contribution in [1.29, 1.82) is 0 Å². The second-order valence-corrected chi connectivity index (χ2v) is 4.40. The molecule has 106 valence electrons. The molecular formula is C13H16N4O3. The van der Waals surface area contributed by atoms with Gasteiger partial charge in [-0.25, -0.2) is 10.2 Å². The van der Waals surface area contributed by atoms with Gasteiger partial charge in [0.05, 0.1) is 24.8 Å². The summed E-state index contributed by atoms with van der Waals surface area (Å²) in [4.78, 5) is 22.4. The van der Waals surface area contributed by atoms with E-state index in [1.165, 1.54) is 0 Å². The third kappa shape index (κ3) is 3.33. The zero-order valence-electron chi connectivity index (χ0n) is 11.0. The second kappa shape index (κ2) is 6.16. The number of nitrogens with one attached hydrogen (secondary N) is 3. The number of nitrogens with zero attached hydrogens (tertiary/aromatic N) is 1. The van der Waals surface area contributed by atoms with Crippen molar-refractivity contribution in [3.8, 4) is 0 Å². The van der Waals surface area contributed by atoms with Crippen LogP contribution in [-0.2, 0) is 4.79 Å². The Kier molecular flexibility index (Phi) is 4.31. The van der Waals surface area contributed by atoms with Crippen LogP contribution in [0.25, 0.3) is 0 Å². The summed E-state index contributed by atoms with van der Waals surface area (Å²) in [6, 6.07) is 6.60. The molecule has 1 aromatic carbocycles. The van der Waals surface area contributed by atoms with Crippen molar-refractivity contribution < 1.29 is 14.7 Å². The molecule has 2 rings (SSSR count). The Bertz CT molecular complexity index is 539. The van der Waals surface area contributed by atoms with Crippen molar-refractivity contribution in [2.24, 2.45) is 5.10 Å². The van der Waals surface area contributed by atoms with E-state index in [1.807, 2.05) is 19.1 Å². The Labute approximate surface area is 116 Å². The number of carbonyl (C=O) groups excluding carboxylic acids is 2. The Hall–Kier alpha value is -2.41. The molecule has 1 aliphatic rings. The number of amides is 3. The monoisotopic (exact) mass is 276 g/mol. The molecule has 0 radical (unpaired) electrons. The van der Waals surface area contributed by atoms with E-state index >= 15 is 0 Å². The maximum absolute atomic E-state index is 11.3. The normalized spacial score (nSPS) is 17.8. The molecular weight excluding hydrogens is 260 g/mol. The Morgan fingerprint density at radius 2 is 2.10 bits per heavy atom. The first-order chi connectivity index (χ1) is 9.60. The first-order valence-electron chi connectivity index (χ1n) is 6.25. The number of rotatable bonds is 4. The first-order valence-corrected chi connectivity index (χ1v) is 6.25. The lowest BCUT2D eigenvalue weighted by molar-refractivity contribution is -0.116. The van der Waals surface area contributed by atoms with E-state index in [1.54, 1.807) is 12.1 Å². The van der Waals surface area contributed by atoms with Gasteiger partial charge < -0.3 is 15.7 Å². The van der Waals surface area contributed by atoms with Gasteiger partial charge in [-0.15, -0.1) is 0 Å². The molecule has 1 atom stereocenters. The summed E-state index contributed by atoms with van der Waals surface area (Å²) in [6.07, 6.45) is 0.0709. The number of aliphatic hydroxyl groups is 1. The summed E-state index contributed by atoms with van der Waals surface area (Å²) in [5.41, 5.74) is 4.58. The van der Waals surface area contributed by atoms with E-state index in [9.17, 15) is 9.59 Å². The fourth-order valence-electron chi connectivity index (χ4n) is 1.87. The lowest BCUT2D eigenvalue weighted by atomic mass is 10.0. The predicted octanol–water partition coefficient (Wildman–Crippen LogP) is 0.413. The van der Waals surface area contributed by atoms with Crippen LogP contribution in [0.15, 0.2) is 29.4 Å². The summed E-state index contributed by atoms with van der Waals surface area (Å²) in [5.74, 6) is -0.238. The topological polar surface area (TPSA) is 103 Å². The molecule has 0 bridgehead atoms. The lowest BCUT2D eigenvalue weighted by Gasteiger charge is -2.21. The van der Waals surface area contributed by atoms with Gasteiger partial charge in [0.15, 0.2) is 0 Å². The van der Waals surface area contributed by atoms with Gasteiger partial charge in [-0.3, -0.25) is 4.79 Å².